The lowest BCUT2D eigenvalue weighted by molar-refractivity contribution is 0.0718. The molecule has 6 nitrogen and oxygen atoms in total. The Labute approximate surface area is 141 Å². The number of likely N-dealkylation sites (tertiary alicyclic amines) is 1. The number of hydrogen-bond acceptors (Lipinski definition) is 5. The predicted molar refractivity (Wildman–Crippen MR) is 91.0 cm³/mol. The summed E-state index contributed by atoms with van der Waals surface area (Å²) in [4.78, 5) is 23.2. The molecule has 0 spiro atoms. The monoisotopic (exact) mass is 321 g/mol. The first-order valence-electron chi connectivity index (χ1n) is 8.08. The summed E-state index contributed by atoms with van der Waals surface area (Å²) in [6.07, 6.45) is 3.27. The minimum atomic E-state index is -0.0388. The minimum absolute atomic E-state index is 0.0388. The van der Waals surface area contributed by atoms with Crippen LogP contribution in [0.2, 0.25) is 0 Å². The zero-order valence-corrected chi connectivity index (χ0v) is 13.6. The van der Waals surface area contributed by atoms with Gasteiger partial charge in [0.2, 0.25) is 5.95 Å². The second kappa shape index (κ2) is 7.09. The number of aryl methyl sites for hydroxylation is 1. The number of carbonyl (C=O) groups is 1. The number of aromatic nitrogens is 2. The van der Waals surface area contributed by atoms with Gasteiger partial charge in [-0.2, -0.15) is 5.26 Å². The summed E-state index contributed by atoms with van der Waals surface area (Å²) in [6.45, 7) is 3.43. The molecule has 0 aliphatic carbocycles. The van der Waals surface area contributed by atoms with Gasteiger partial charge >= 0.3 is 0 Å². The summed E-state index contributed by atoms with van der Waals surface area (Å²) >= 11 is 0. The van der Waals surface area contributed by atoms with E-state index in [2.05, 4.69) is 21.4 Å². The van der Waals surface area contributed by atoms with Crippen molar-refractivity contribution in [2.24, 2.45) is 0 Å². The fraction of sp³-hybridized carbons (Fsp3) is 0.333. The molecule has 0 unspecified atom stereocenters. The van der Waals surface area contributed by atoms with Gasteiger partial charge in [0.05, 0.1) is 11.6 Å². The van der Waals surface area contributed by atoms with E-state index in [1.165, 1.54) is 6.42 Å². The van der Waals surface area contributed by atoms with Crippen molar-refractivity contribution in [3.05, 3.63) is 47.3 Å². The van der Waals surface area contributed by atoms with Crippen LogP contribution in [-0.2, 0) is 0 Å². The van der Waals surface area contributed by atoms with E-state index in [0.717, 1.165) is 37.3 Å². The van der Waals surface area contributed by atoms with Gasteiger partial charge in [-0.15, -0.1) is 0 Å². The quantitative estimate of drug-likeness (QED) is 0.939. The molecule has 2 heterocycles. The van der Waals surface area contributed by atoms with E-state index in [-0.39, 0.29) is 5.91 Å². The standard InChI is InChI=1S/C18H19N5O/c1-13-11-16(17(24)23-9-3-2-4-10-23)22-18(20-13)21-15-7-5-14(12-19)6-8-15/h5-8,11H,2-4,9-10H2,1H3,(H,20,21,22). The minimum Gasteiger partial charge on any atom is -0.337 e. The van der Waals surface area contributed by atoms with Crippen molar-refractivity contribution < 1.29 is 4.79 Å². The van der Waals surface area contributed by atoms with Crippen LogP contribution in [0.4, 0.5) is 11.6 Å². The van der Waals surface area contributed by atoms with E-state index >= 15 is 0 Å². The summed E-state index contributed by atoms with van der Waals surface area (Å²) in [5.41, 5.74) is 2.52. The molecule has 1 saturated heterocycles. The van der Waals surface area contributed by atoms with Crippen LogP contribution in [0.5, 0.6) is 0 Å². The van der Waals surface area contributed by atoms with Gasteiger partial charge < -0.3 is 10.2 Å². The van der Waals surface area contributed by atoms with Crippen LogP contribution in [0.1, 0.15) is 41.0 Å². The Morgan fingerprint density at radius 2 is 1.88 bits per heavy atom. The second-order valence-electron chi connectivity index (χ2n) is 5.89. The zero-order valence-electron chi connectivity index (χ0n) is 13.6. The lowest BCUT2D eigenvalue weighted by Crippen LogP contribution is -2.36. The molecule has 2 aromatic rings. The van der Waals surface area contributed by atoms with Gasteiger partial charge in [0.1, 0.15) is 5.69 Å². The molecule has 6 heteroatoms. The SMILES string of the molecule is Cc1cc(C(=O)N2CCCCC2)nc(Nc2ccc(C#N)cc2)n1. The number of piperidine rings is 1. The summed E-state index contributed by atoms with van der Waals surface area (Å²) in [5.74, 6) is 0.350. The maximum Gasteiger partial charge on any atom is 0.272 e. The van der Waals surface area contributed by atoms with Crippen LogP contribution in [0.15, 0.2) is 30.3 Å². The highest BCUT2D eigenvalue weighted by molar-refractivity contribution is 5.92. The molecule has 0 radical (unpaired) electrons. The van der Waals surface area contributed by atoms with Gasteiger partial charge in [-0.25, -0.2) is 9.97 Å². The number of hydrogen-bond donors (Lipinski definition) is 1. The van der Waals surface area contributed by atoms with E-state index < -0.39 is 0 Å². The Kier molecular flexibility index (Phi) is 4.71. The van der Waals surface area contributed by atoms with Crippen LogP contribution in [-0.4, -0.2) is 33.9 Å². The molecule has 122 valence electrons. The van der Waals surface area contributed by atoms with E-state index in [4.69, 9.17) is 5.26 Å². The first-order chi connectivity index (χ1) is 11.7. The Bertz CT molecular complexity index is 773. The molecule has 0 saturated carbocycles. The fourth-order valence-electron chi connectivity index (χ4n) is 2.75. The van der Waals surface area contributed by atoms with E-state index in [0.29, 0.717) is 17.2 Å². The zero-order chi connectivity index (χ0) is 16.9. The summed E-state index contributed by atoms with van der Waals surface area (Å²) in [5, 5.41) is 11.9. The van der Waals surface area contributed by atoms with Crippen LogP contribution in [0.25, 0.3) is 0 Å². The molecule has 0 atom stereocenters. The van der Waals surface area contributed by atoms with Crippen LogP contribution >= 0.6 is 0 Å². The van der Waals surface area contributed by atoms with Gasteiger partial charge in [0, 0.05) is 24.5 Å². The number of rotatable bonds is 3. The van der Waals surface area contributed by atoms with Gasteiger partial charge in [-0.1, -0.05) is 0 Å². The average Bonchev–Trinajstić information content (AvgIpc) is 2.62. The molecule has 24 heavy (non-hydrogen) atoms. The molecular formula is C18H19N5O. The number of carbonyl (C=O) groups excluding carboxylic acids is 1. The molecule has 1 aromatic carbocycles. The van der Waals surface area contributed by atoms with E-state index in [1.54, 1.807) is 30.3 Å². The molecule has 1 aliphatic heterocycles. The summed E-state index contributed by atoms with van der Waals surface area (Å²) < 4.78 is 0. The number of anilines is 2. The third-order valence-corrected chi connectivity index (χ3v) is 3.99. The van der Waals surface area contributed by atoms with Crippen LogP contribution in [0.3, 0.4) is 0 Å². The van der Waals surface area contributed by atoms with Gasteiger partial charge in [-0.05, 0) is 56.5 Å². The first kappa shape index (κ1) is 15.9. The van der Waals surface area contributed by atoms with Crippen molar-refractivity contribution in [1.29, 1.82) is 5.26 Å². The molecule has 1 aliphatic rings. The molecule has 3 rings (SSSR count). The van der Waals surface area contributed by atoms with Gasteiger partial charge in [0.25, 0.3) is 5.91 Å². The topological polar surface area (TPSA) is 81.9 Å². The third-order valence-electron chi connectivity index (χ3n) is 3.99. The number of nitriles is 1. The third kappa shape index (κ3) is 3.69. The summed E-state index contributed by atoms with van der Waals surface area (Å²) in [6, 6.07) is 10.8. The van der Waals surface area contributed by atoms with Crippen molar-refractivity contribution in [3.8, 4) is 6.07 Å². The lowest BCUT2D eigenvalue weighted by Gasteiger charge is -2.26. The first-order valence-corrected chi connectivity index (χ1v) is 8.08. The van der Waals surface area contributed by atoms with Crippen molar-refractivity contribution in [3.63, 3.8) is 0 Å². The van der Waals surface area contributed by atoms with Crippen LogP contribution in [0, 0.1) is 18.3 Å². The normalized spacial score (nSPS) is 14.1. The molecule has 1 amide bonds. The van der Waals surface area contributed by atoms with E-state index in [1.807, 2.05) is 11.8 Å². The number of amides is 1. The second-order valence-corrected chi connectivity index (χ2v) is 5.89. The molecule has 0 bridgehead atoms. The molecular weight excluding hydrogens is 302 g/mol. The van der Waals surface area contributed by atoms with Crippen molar-refractivity contribution in [2.45, 2.75) is 26.2 Å². The number of nitrogens with zero attached hydrogens (tertiary/aromatic N) is 4. The van der Waals surface area contributed by atoms with Crippen LogP contribution < -0.4 is 5.32 Å². The Hall–Kier alpha value is -2.94. The molecule has 1 N–H and O–H groups in total. The van der Waals surface area contributed by atoms with Gasteiger partial charge in [-0.3, -0.25) is 4.79 Å². The predicted octanol–water partition coefficient (Wildman–Crippen LogP) is 3.03. The fourth-order valence-corrected chi connectivity index (χ4v) is 2.75. The average molecular weight is 321 g/mol. The van der Waals surface area contributed by atoms with E-state index in [9.17, 15) is 4.79 Å². The number of benzene rings is 1. The maximum atomic E-state index is 12.6. The smallest absolute Gasteiger partial charge is 0.272 e. The maximum absolute atomic E-state index is 12.6. The lowest BCUT2D eigenvalue weighted by atomic mass is 10.1. The van der Waals surface area contributed by atoms with Gasteiger partial charge in [0.15, 0.2) is 0 Å². The highest BCUT2D eigenvalue weighted by Crippen LogP contribution is 2.17. The highest BCUT2D eigenvalue weighted by Gasteiger charge is 2.20. The molecule has 1 fully saturated rings. The van der Waals surface area contributed by atoms with Crippen molar-refractivity contribution >= 4 is 17.5 Å². The highest BCUT2D eigenvalue weighted by atomic mass is 16.2. The Morgan fingerprint density at radius 3 is 2.54 bits per heavy atom. The Balaban J connectivity index is 1.80. The molecule has 1 aromatic heterocycles. The van der Waals surface area contributed by atoms with Crippen molar-refractivity contribution in [2.75, 3.05) is 18.4 Å². The largest absolute Gasteiger partial charge is 0.337 e. The Morgan fingerprint density at radius 1 is 1.17 bits per heavy atom. The number of nitrogens with one attached hydrogen (secondary N) is 1. The van der Waals surface area contributed by atoms with Crippen molar-refractivity contribution in [1.82, 2.24) is 14.9 Å². The summed E-state index contributed by atoms with van der Waals surface area (Å²) in [7, 11) is 0.